The summed E-state index contributed by atoms with van der Waals surface area (Å²) in [6.45, 7) is 1.75. The van der Waals surface area contributed by atoms with Crippen LogP contribution in [-0.2, 0) is 14.8 Å². The van der Waals surface area contributed by atoms with Gasteiger partial charge in [-0.3, -0.25) is 13.9 Å². The summed E-state index contributed by atoms with van der Waals surface area (Å²) < 4.78 is 30.1. The summed E-state index contributed by atoms with van der Waals surface area (Å²) >= 11 is 1.55. The van der Waals surface area contributed by atoms with Crippen molar-refractivity contribution in [3.8, 4) is 11.3 Å². The molecule has 2 aromatic carbocycles. The fourth-order valence-electron chi connectivity index (χ4n) is 3.35. The average Bonchev–Trinajstić information content (AvgIpc) is 3.36. The molecule has 1 atom stereocenters. The predicted molar refractivity (Wildman–Crippen MR) is 113 cm³/mol. The lowest BCUT2D eigenvalue weighted by molar-refractivity contribution is -0.116. The monoisotopic (exact) mass is 424 g/mol. The maximum absolute atomic E-state index is 12.8. The number of carbonyl (C=O) groups is 1. The topological polar surface area (TPSA) is 92.6 Å². The summed E-state index contributed by atoms with van der Waals surface area (Å²) in [7, 11) is -3.77. The van der Waals surface area contributed by atoms with Gasteiger partial charge in [-0.1, -0.05) is 12.1 Å². The molecule has 0 bridgehead atoms. The van der Waals surface area contributed by atoms with Gasteiger partial charge in [-0.05, 0) is 42.8 Å². The van der Waals surface area contributed by atoms with E-state index in [4.69, 9.17) is 0 Å². The quantitative estimate of drug-likeness (QED) is 0.519. The molecule has 1 aliphatic heterocycles. The number of carbonyl (C=O) groups excluding carboxylic acids is 1. The third-order valence-corrected chi connectivity index (χ3v) is 7.13. The maximum Gasteiger partial charge on any atom is 0.261 e. The van der Waals surface area contributed by atoms with Gasteiger partial charge in [0.2, 0.25) is 5.91 Å². The van der Waals surface area contributed by atoms with Crippen molar-refractivity contribution in [2.75, 3.05) is 10.0 Å². The van der Waals surface area contributed by atoms with Crippen LogP contribution < -0.4 is 10.0 Å². The van der Waals surface area contributed by atoms with Crippen LogP contribution >= 0.6 is 11.3 Å². The molecule has 1 amide bonds. The molecule has 9 heteroatoms. The van der Waals surface area contributed by atoms with E-state index < -0.39 is 10.0 Å². The maximum atomic E-state index is 12.8. The molecule has 0 spiro atoms. The molecule has 0 saturated carbocycles. The fourth-order valence-corrected chi connectivity index (χ4v) is 5.15. The first-order chi connectivity index (χ1) is 13.9. The zero-order valence-electron chi connectivity index (χ0n) is 15.3. The number of hydrogen-bond donors (Lipinski definition) is 2. The normalized spacial score (nSPS) is 16.0. The van der Waals surface area contributed by atoms with Gasteiger partial charge >= 0.3 is 0 Å². The van der Waals surface area contributed by atoms with Crippen LogP contribution in [0.2, 0.25) is 0 Å². The Bertz CT molecular complexity index is 1330. The third kappa shape index (κ3) is 3.08. The van der Waals surface area contributed by atoms with Gasteiger partial charge in [0.25, 0.3) is 10.0 Å². The summed E-state index contributed by atoms with van der Waals surface area (Å²) in [4.78, 5) is 17.4. The van der Waals surface area contributed by atoms with Crippen LogP contribution in [0.5, 0.6) is 0 Å². The predicted octanol–water partition coefficient (Wildman–Crippen LogP) is 3.92. The number of aromatic nitrogens is 2. The van der Waals surface area contributed by atoms with Crippen molar-refractivity contribution in [3.63, 3.8) is 0 Å². The molecule has 29 heavy (non-hydrogen) atoms. The number of anilines is 2. The zero-order valence-corrected chi connectivity index (χ0v) is 16.9. The molecule has 0 radical (unpaired) electrons. The van der Waals surface area contributed by atoms with Gasteiger partial charge < -0.3 is 5.32 Å². The molecular weight excluding hydrogens is 408 g/mol. The Morgan fingerprint density at radius 3 is 2.72 bits per heavy atom. The summed E-state index contributed by atoms with van der Waals surface area (Å²) in [6, 6.07) is 11.7. The molecule has 146 valence electrons. The number of benzene rings is 2. The molecule has 0 aliphatic carbocycles. The SMILES string of the molecule is C[C@@H]1C(=O)Nc2ccc(S(=O)(=O)Nc3ccc(-c4cn5ccsc5n4)cc3)cc21. The Morgan fingerprint density at radius 2 is 1.97 bits per heavy atom. The highest BCUT2D eigenvalue weighted by Crippen LogP contribution is 2.34. The number of amides is 1. The second-order valence-electron chi connectivity index (χ2n) is 6.86. The number of nitrogens with one attached hydrogen (secondary N) is 2. The Morgan fingerprint density at radius 1 is 1.17 bits per heavy atom. The molecule has 1 aliphatic rings. The number of sulfonamides is 1. The van der Waals surface area contributed by atoms with Gasteiger partial charge in [-0.2, -0.15) is 0 Å². The number of hydrogen-bond acceptors (Lipinski definition) is 5. The smallest absolute Gasteiger partial charge is 0.261 e. The molecule has 2 N–H and O–H groups in total. The van der Waals surface area contributed by atoms with Crippen molar-refractivity contribution < 1.29 is 13.2 Å². The zero-order chi connectivity index (χ0) is 20.2. The van der Waals surface area contributed by atoms with Crippen molar-refractivity contribution in [2.24, 2.45) is 0 Å². The summed E-state index contributed by atoms with van der Waals surface area (Å²) in [5.74, 6) is -0.499. The number of imidazole rings is 1. The first kappa shape index (κ1) is 17.9. The Kier molecular flexibility index (Phi) is 3.97. The van der Waals surface area contributed by atoms with Crippen LogP contribution in [0.25, 0.3) is 16.2 Å². The van der Waals surface area contributed by atoms with E-state index in [0.717, 1.165) is 16.2 Å². The lowest BCUT2D eigenvalue weighted by atomic mass is 10.0. The highest BCUT2D eigenvalue weighted by atomic mass is 32.2. The molecule has 5 rings (SSSR count). The van der Waals surface area contributed by atoms with E-state index in [-0.39, 0.29) is 16.7 Å². The van der Waals surface area contributed by atoms with Crippen LogP contribution in [-0.4, -0.2) is 23.7 Å². The van der Waals surface area contributed by atoms with Crippen molar-refractivity contribution in [2.45, 2.75) is 17.7 Å². The molecular formula is C20H16N4O3S2. The molecule has 0 saturated heterocycles. The van der Waals surface area contributed by atoms with E-state index in [1.165, 1.54) is 6.07 Å². The second-order valence-corrected chi connectivity index (χ2v) is 9.42. The van der Waals surface area contributed by atoms with Crippen LogP contribution in [0, 0.1) is 0 Å². The lowest BCUT2D eigenvalue weighted by Gasteiger charge is -2.10. The number of nitrogens with zero attached hydrogens (tertiary/aromatic N) is 2. The highest BCUT2D eigenvalue weighted by molar-refractivity contribution is 7.92. The van der Waals surface area contributed by atoms with Crippen LogP contribution in [0.15, 0.2) is 65.1 Å². The molecule has 4 aromatic rings. The van der Waals surface area contributed by atoms with Crippen molar-refractivity contribution in [1.29, 1.82) is 0 Å². The molecule has 3 heterocycles. The second kappa shape index (κ2) is 6.43. The minimum absolute atomic E-state index is 0.123. The van der Waals surface area contributed by atoms with Crippen molar-refractivity contribution >= 4 is 43.6 Å². The van der Waals surface area contributed by atoms with Gasteiger partial charge in [0, 0.05) is 34.7 Å². The van der Waals surface area contributed by atoms with Gasteiger partial charge in [-0.15, -0.1) is 11.3 Å². The number of rotatable bonds is 4. The number of fused-ring (bicyclic) bond motifs is 2. The fraction of sp³-hybridized carbons (Fsp3) is 0.100. The van der Waals surface area contributed by atoms with Crippen LogP contribution in [0.3, 0.4) is 0 Å². The minimum atomic E-state index is -3.77. The van der Waals surface area contributed by atoms with Crippen LogP contribution in [0.4, 0.5) is 11.4 Å². The molecule has 2 aromatic heterocycles. The molecule has 0 fully saturated rings. The summed E-state index contributed by atoms with van der Waals surface area (Å²) in [6.07, 6.45) is 3.88. The summed E-state index contributed by atoms with van der Waals surface area (Å²) in [5.41, 5.74) is 3.53. The van der Waals surface area contributed by atoms with Gasteiger partial charge in [0.1, 0.15) is 0 Å². The largest absolute Gasteiger partial charge is 0.325 e. The Balaban J connectivity index is 1.39. The lowest BCUT2D eigenvalue weighted by Crippen LogP contribution is -2.13. The van der Waals surface area contributed by atoms with E-state index in [9.17, 15) is 13.2 Å². The van der Waals surface area contributed by atoms with E-state index in [2.05, 4.69) is 15.0 Å². The third-order valence-electron chi connectivity index (χ3n) is 4.98. The molecule has 7 nitrogen and oxygen atoms in total. The van der Waals surface area contributed by atoms with Crippen LogP contribution in [0.1, 0.15) is 18.4 Å². The average molecular weight is 425 g/mol. The van der Waals surface area contributed by atoms with E-state index in [0.29, 0.717) is 16.9 Å². The Hall–Kier alpha value is -3.17. The first-order valence-corrected chi connectivity index (χ1v) is 11.3. The van der Waals surface area contributed by atoms with E-state index >= 15 is 0 Å². The van der Waals surface area contributed by atoms with Gasteiger partial charge in [0.05, 0.1) is 16.5 Å². The van der Waals surface area contributed by atoms with E-state index in [1.807, 2.05) is 34.3 Å². The number of thiazole rings is 1. The minimum Gasteiger partial charge on any atom is -0.325 e. The van der Waals surface area contributed by atoms with Gasteiger partial charge in [0.15, 0.2) is 4.96 Å². The van der Waals surface area contributed by atoms with Crippen molar-refractivity contribution in [1.82, 2.24) is 9.38 Å². The van der Waals surface area contributed by atoms with Gasteiger partial charge in [-0.25, -0.2) is 13.4 Å². The highest BCUT2D eigenvalue weighted by Gasteiger charge is 2.28. The van der Waals surface area contributed by atoms with Crippen molar-refractivity contribution in [3.05, 3.63) is 65.8 Å². The molecule has 0 unspecified atom stereocenters. The van der Waals surface area contributed by atoms with E-state index in [1.54, 1.807) is 42.5 Å². The standard InChI is InChI=1S/C20H16N4O3S2/c1-12-16-10-15(6-7-17(16)21-19(12)25)29(26,27)23-14-4-2-13(3-5-14)18-11-24-8-9-28-20(24)22-18/h2-12,23H,1H3,(H,21,25)/t12-/m0/s1. The summed E-state index contributed by atoms with van der Waals surface area (Å²) in [5, 5.41) is 4.71. The Labute approximate surface area is 171 Å². The first-order valence-electron chi connectivity index (χ1n) is 8.91.